The van der Waals surface area contributed by atoms with Crippen molar-refractivity contribution in [1.82, 2.24) is 10.3 Å². The first-order valence-electron chi connectivity index (χ1n) is 7.31. The number of hydrogen-bond acceptors (Lipinski definition) is 6. The fourth-order valence-electron chi connectivity index (χ4n) is 2.16. The number of benzene rings is 2. The van der Waals surface area contributed by atoms with Gasteiger partial charge in [-0.3, -0.25) is 15.4 Å². The van der Waals surface area contributed by atoms with E-state index in [1.165, 1.54) is 24.3 Å². The molecule has 0 aliphatic carbocycles. The highest BCUT2D eigenvalue weighted by molar-refractivity contribution is 7.90. The molecule has 11 heteroatoms. The van der Waals surface area contributed by atoms with Crippen molar-refractivity contribution in [3.63, 3.8) is 0 Å². The summed E-state index contributed by atoms with van der Waals surface area (Å²) in [6, 6.07) is 6.70. The second kappa shape index (κ2) is 7.22. The van der Waals surface area contributed by atoms with Gasteiger partial charge in [-0.05, 0) is 36.4 Å². The van der Waals surface area contributed by atoms with Gasteiger partial charge in [0.05, 0.1) is 25.7 Å². The van der Waals surface area contributed by atoms with E-state index in [9.17, 15) is 22.4 Å². The Labute approximate surface area is 162 Å². The monoisotopic (exact) mass is 427 g/mol. The molecule has 3 rings (SSSR count). The highest BCUT2D eigenvalue weighted by Crippen LogP contribution is 2.28. The molecular formula is C16H11ClFN3O4S2. The van der Waals surface area contributed by atoms with Crippen molar-refractivity contribution in [2.75, 3.05) is 11.6 Å². The third-order valence-electron chi connectivity index (χ3n) is 3.41. The zero-order chi connectivity index (χ0) is 19.8. The number of amides is 3. The summed E-state index contributed by atoms with van der Waals surface area (Å²) >= 11 is 6.86. The largest absolute Gasteiger partial charge is 0.327 e. The molecule has 140 valence electrons. The fourth-order valence-corrected chi connectivity index (χ4v) is 3.98. The van der Waals surface area contributed by atoms with Gasteiger partial charge < -0.3 is 0 Å². The molecule has 0 saturated heterocycles. The number of nitrogens with zero attached hydrogens (tertiary/aromatic N) is 1. The van der Waals surface area contributed by atoms with Gasteiger partial charge in [-0.25, -0.2) is 22.6 Å². The van der Waals surface area contributed by atoms with Gasteiger partial charge in [-0.2, -0.15) is 0 Å². The number of nitrogens with one attached hydrogen (secondary N) is 2. The fraction of sp³-hybridized carbons (Fsp3) is 0.0625. The number of carbonyl (C=O) groups is 2. The molecule has 0 aliphatic rings. The summed E-state index contributed by atoms with van der Waals surface area (Å²) in [6.45, 7) is 0. The second-order valence-electron chi connectivity index (χ2n) is 5.45. The van der Waals surface area contributed by atoms with Crippen molar-refractivity contribution in [3.8, 4) is 0 Å². The molecule has 1 aromatic heterocycles. The Balaban J connectivity index is 1.76. The maximum atomic E-state index is 13.2. The average Bonchev–Trinajstić information content (AvgIpc) is 2.97. The van der Waals surface area contributed by atoms with Gasteiger partial charge in [0.1, 0.15) is 5.82 Å². The highest BCUT2D eigenvalue weighted by atomic mass is 35.5. The lowest BCUT2D eigenvalue weighted by Gasteiger charge is -2.06. The number of rotatable bonds is 3. The van der Waals surface area contributed by atoms with Crippen LogP contribution in [0.1, 0.15) is 10.4 Å². The van der Waals surface area contributed by atoms with E-state index in [0.717, 1.165) is 29.7 Å². The summed E-state index contributed by atoms with van der Waals surface area (Å²) in [5.74, 6) is -1.55. The van der Waals surface area contributed by atoms with Crippen LogP contribution in [-0.4, -0.2) is 31.6 Å². The van der Waals surface area contributed by atoms with Crippen molar-refractivity contribution in [2.45, 2.75) is 4.90 Å². The molecule has 1 heterocycles. The van der Waals surface area contributed by atoms with Gasteiger partial charge in [-0.1, -0.05) is 22.9 Å². The van der Waals surface area contributed by atoms with E-state index >= 15 is 0 Å². The molecular weight excluding hydrogens is 417 g/mol. The van der Waals surface area contributed by atoms with Crippen molar-refractivity contribution in [1.29, 1.82) is 0 Å². The molecule has 7 nitrogen and oxygen atoms in total. The molecule has 0 fully saturated rings. The van der Waals surface area contributed by atoms with Crippen LogP contribution in [0.2, 0.25) is 5.02 Å². The normalized spacial score (nSPS) is 11.4. The zero-order valence-electron chi connectivity index (χ0n) is 13.6. The number of urea groups is 1. The molecule has 2 N–H and O–H groups in total. The lowest BCUT2D eigenvalue weighted by atomic mass is 10.2. The molecule has 0 unspecified atom stereocenters. The third-order valence-corrected chi connectivity index (χ3v) is 5.78. The Morgan fingerprint density at radius 1 is 1.19 bits per heavy atom. The van der Waals surface area contributed by atoms with Crippen LogP contribution in [0.25, 0.3) is 10.2 Å². The summed E-state index contributed by atoms with van der Waals surface area (Å²) in [5.41, 5.74) is 0.302. The molecule has 0 radical (unpaired) electrons. The maximum Gasteiger partial charge on any atom is 0.327 e. The van der Waals surface area contributed by atoms with Crippen molar-refractivity contribution < 1.29 is 22.4 Å². The van der Waals surface area contributed by atoms with Crippen LogP contribution in [0.3, 0.4) is 0 Å². The van der Waals surface area contributed by atoms with Gasteiger partial charge >= 0.3 is 6.03 Å². The lowest BCUT2D eigenvalue weighted by Crippen LogP contribution is -2.34. The second-order valence-corrected chi connectivity index (χ2v) is 8.91. The zero-order valence-corrected chi connectivity index (χ0v) is 16.0. The van der Waals surface area contributed by atoms with E-state index in [0.29, 0.717) is 10.2 Å². The number of imide groups is 1. The Kier molecular flexibility index (Phi) is 5.13. The molecule has 0 aliphatic heterocycles. The maximum absolute atomic E-state index is 13.2. The number of carbonyl (C=O) groups excluding carboxylic acids is 2. The van der Waals surface area contributed by atoms with Crippen LogP contribution < -0.4 is 10.6 Å². The quantitative estimate of drug-likeness (QED) is 0.666. The standard InChI is InChI=1S/C16H11ClFN3O4S2/c1-27(24,25)9-3-5-12-13(7-9)26-16(19-12)21-15(23)20-14(22)10-6-8(18)2-4-11(10)17/h2-7H,1H3,(H2,19,20,21,22,23). The summed E-state index contributed by atoms with van der Waals surface area (Å²) in [6.07, 6.45) is 1.09. The van der Waals surface area contributed by atoms with Crippen LogP contribution in [0.15, 0.2) is 41.3 Å². The number of aromatic nitrogens is 1. The number of hydrogen-bond donors (Lipinski definition) is 2. The summed E-state index contributed by atoms with van der Waals surface area (Å²) in [5, 5.41) is 4.55. The molecule has 0 bridgehead atoms. The van der Waals surface area contributed by atoms with E-state index in [4.69, 9.17) is 11.6 Å². The minimum atomic E-state index is -3.37. The Morgan fingerprint density at radius 2 is 1.93 bits per heavy atom. The Morgan fingerprint density at radius 3 is 2.63 bits per heavy atom. The Bertz CT molecular complexity index is 1180. The molecule has 0 atom stereocenters. The van der Waals surface area contributed by atoms with Gasteiger partial charge in [0.25, 0.3) is 5.91 Å². The van der Waals surface area contributed by atoms with E-state index in [-0.39, 0.29) is 20.6 Å². The van der Waals surface area contributed by atoms with Crippen LogP contribution in [0.5, 0.6) is 0 Å². The first-order chi connectivity index (χ1) is 12.6. The molecule has 3 amide bonds. The van der Waals surface area contributed by atoms with E-state index in [1.54, 1.807) is 0 Å². The van der Waals surface area contributed by atoms with Crippen molar-refractivity contribution in [2.24, 2.45) is 0 Å². The minimum Gasteiger partial charge on any atom is -0.283 e. The van der Waals surface area contributed by atoms with E-state index < -0.39 is 27.6 Å². The van der Waals surface area contributed by atoms with Crippen LogP contribution in [0, 0.1) is 5.82 Å². The third kappa shape index (κ3) is 4.41. The number of fused-ring (bicyclic) bond motifs is 1. The number of anilines is 1. The SMILES string of the molecule is CS(=O)(=O)c1ccc2nc(NC(=O)NC(=O)c3cc(F)ccc3Cl)sc2c1. The van der Waals surface area contributed by atoms with Gasteiger partial charge in [-0.15, -0.1) is 0 Å². The molecule has 2 aromatic carbocycles. The van der Waals surface area contributed by atoms with Crippen molar-refractivity contribution in [3.05, 3.63) is 52.8 Å². The molecule has 0 saturated carbocycles. The number of sulfone groups is 1. The summed E-state index contributed by atoms with van der Waals surface area (Å²) < 4.78 is 37.0. The summed E-state index contributed by atoms with van der Waals surface area (Å²) in [4.78, 5) is 28.3. The minimum absolute atomic E-state index is 0.00464. The van der Waals surface area contributed by atoms with Crippen LogP contribution in [0.4, 0.5) is 14.3 Å². The molecule has 27 heavy (non-hydrogen) atoms. The number of halogens is 2. The van der Waals surface area contributed by atoms with Crippen LogP contribution in [-0.2, 0) is 9.84 Å². The smallest absolute Gasteiger partial charge is 0.283 e. The highest BCUT2D eigenvalue weighted by Gasteiger charge is 2.16. The summed E-state index contributed by atoms with van der Waals surface area (Å²) in [7, 11) is -3.37. The van der Waals surface area contributed by atoms with Crippen molar-refractivity contribution >= 4 is 60.1 Å². The first-order valence-corrected chi connectivity index (χ1v) is 10.4. The molecule has 0 spiro atoms. The van der Waals surface area contributed by atoms with Gasteiger partial charge in [0.2, 0.25) is 0 Å². The predicted octanol–water partition coefficient (Wildman–Crippen LogP) is 3.45. The topological polar surface area (TPSA) is 105 Å². The van der Waals surface area contributed by atoms with Gasteiger partial charge in [0, 0.05) is 6.26 Å². The Hall–Kier alpha value is -2.56. The lowest BCUT2D eigenvalue weighted by molar-refractivity contribution is 0.0967. The van der Waals surface area contributed by atoms with Crippen LogP contribution >= 0.6 is 22.9 Å². The average molecular weight is 428 g/mol. The van der Waals surface area contributed by atoms with Gasteiger partial charge in [0.15, 0.2) is 15.0 Å². The predicted molar refractivity (Wildman–Crippen MR) is 101 cm³/mol. The van der Waals surface area contributed by atoms with E-state index in [2.05, 4.69) is 10.3 Å². The molecule has 3 aromatic rings. The van der Waals surface area contributed by atoms with E-state index in [1.807, 2.05) is 5.32 Å². The first kappa shape index (κ1) is 19.2. The number of thiazole rings is 1.